The second-order valence-corrected chi connectivity index (χ2v) is 20.9. The SMILES string of the molecule is CC(C)(C)c1cc2c(c(C(C)(C)C)c1)OP1(NC3CCCCC3)(Oc3ccccc3O1)Oc1c(cc(C(C)(C)C)cc1C(C)(C)C)C2. The van der Waals surface area contributed by atoms with Crippen molar-refractivity contribution in [3.8, 4) is 23.0 Å². The second kappa shape index (κ2) is 11.1. The fourth-order valence-corrected chi connectivity index (χ4v) is 10.4. The van der Waals surface area contributed by atoms with Gasteiger partial charge >= 0.3 is 285 Å². The summed E-state index contributed by atoms with van der Waals surface area (Å²) in [6.07, 6.45) is 6.23. The average molecular weight is 660 g/mol. The zero-order valence-corrected chi connectivity index (χ0v) is 31.9. The molecule has 47 heavy (non-hydrogen) atoms. The average Bonchev–Trinajstić information content (AvgIpc) is 3.26. The summed E-state index contributed by atoms with van der Waals surface area (Å²) in [6, 6.07) is 17.4. The van der Waals surface area contributed by atoms with E-state index >= 15 is 0 Å². The Kier molecular flexibility index (Phi) is 8.09. The maximum atomic E-state index is 7.56. The molecule has 0 amide bonds. The Balaban J connectivity index is 1.73. The molecule has 3 aromatic carbocycles. The van der Waals surface area contributed by atoms with Crippen LogP contribution < -0.4 is 23.2 Å². The van der Waals surface area contributed by atoms with E-state index in [1.807, 2.05) is 24.3 Å². The van der Waals surface area contributed by atoms with Crippen molar-refractivity contribution in [3.05, 3.63) is 81.9 Å². The quantitative estimate of drug-likeness (QED) is 0.278. The summed E-state index contributed by atoms with van der Waals surface area (Å²) in [5.74, 6) is 2.90. The monoisotopic (exact) mass is 659 g/mol. The molecule has 0 radical (unpaired) electrons. The molecule has 3 aromatic rings. The second-order valence-electron chi connectivity index (χ2n) is 18.3. The zero-order chi connectivity index (χ0) is 34.2. The molecule has 0 saturated heterocycles. The van der Waals surface area contributed by atoms with Gasteiger partial charge in [-0.25, -0.2) is 0 Å². The van der Waals surface area contributed by atoms with Gasteiger partial charge in [0, 0.05) is 0 Å². The molecule has 1 aliphatic carbocycles. The molecular formula is C41H58NO4P. The molecule has 2 aliphatic heterocycles. The third-order valence-corrected chi connectivity index (χ3v) is 12.7. The fourth-order valence-electron chi connectivity index (χ4n) is 7.04. The van der Waals surface area contributed by atoms with E-state index in [-0.39, 0.29) is 27.7 Å². The summed E-state index contributed by atoms with van der Waals surface area (Å²) >= 11 is 0. The van der Waals surface area contributed by atoms with Gasteiger partial charge in [-0.05, 0) is 0 Å². The van der Waals surface area contributed by atoms with Crippen molar-refractivity contribution in [1.82, 2.24) is 5.09 Å². The van der Waals surface area contributed by atoms with Crippen LogP contribution in [-0.4, -0.2) is 6.04 Å². The number of benzene rings is 3. The van der Waals surface area contributed by atoms with Gasteiger partial charge in [0.2, 0.25) is 0 Å². The van der Waals surface area contributed by atoms with Crippen molar-refractivity contribution in [1.29, 1.82) is 0 Å². The van der Waals surface area contributed by atoms with Gasteiger partial charge in [0.05, 0.1) is 0 Å². The van der Waals surface area contributed by atoms with Gasteiger partial charge in [-0.3, -0.25) is 0 Å². The van der Waals surface area contributed by atoms with E-state index in [1.165, 1.54) is 17.5 Å². The predicted octanol–water partition coefficient (Wildman–Crippen LogP) is 11.8. The van der Waals surface area contributed by atoms with Crippen LogP contribution in [0.4, 0.5) is 0 Å². The van der Waals surface area contributed by atoms with Gasteiger partial charge < -0.3 is 0 Å². The molecular weight excluding hydrogens is 601 g/mol. The number of rotatable bonds is 2. The third kappa shape index (κ3) is 6.52. The van der Waals surface area contributed by atoms with E-state index in [1.54, 1.807) is 0 Å². The Morgan fingerprint density at radius 2 is 0.979 bits per heavy atom. The van der Waals surface area contributed by atoms with E-state index in [0.29, 0.717) is 17.9 Å². The first-order valence-corrected chi connectivity index (χ1v) is 19.6. The van der Waals surface area contributed by atoms with Crippen LogP contribution in [0.3, 0.4) is 0 Å². The first-order valence-electron chi connectivity index (χ1n) is 17.7. The first-order chi connectivity index (χ1) is 21.7. The molecule has 5 nitrogen and oxygen atoms in total. The topological polar surface area (TPSA) is 49.0 Å². The van der Waals surface area contributed by atoms with Gasteiger partial charge in [0.15, 0.2) is 0 Å². The number of para-hydroxylation sites is 2. The number of hydrogen-bond acceptors (Lipinski definition) is 5. The number of fused-ring (bicyclic) bond motifs is 3. The molecule has 0 aromatic heterocycles. The minimum atomic E-state index is -4.67. The van der Waals surface area contributed by atoms with Crippen molar-refractivity contribution in [2.75, 3.05) is 0 Å². The molecule has 6 rings (SSSR count). The van der Waals surface area contributed by atoms with Crippen molar-refractivity contribution in [2.45, 2.75) is 149 Å². The molecule has 1 spiro atoms. The molecule has 0 unspecified atom stereocenters. The van der Waals surface area contributed by atoms with Gasteiger partial charge in [0.1, 0.15) is 0 Å². The van der Waals surface area contributed by atoms with Crippen LogP contribution in [0.15, 0.2) is 48.5 Å². The van der Waals surface area contributed by atoms with Gasteiger partial charge in [-0.1, -0.05) is 0 Å². The van der Waals surface area contributed by atoms with Crippen LogP contribution in [0.25, 0.3) is 0 Å². The van der Waals surface area contributed by atoms with Gasteiger partial charge in [-0.2, -0.15) is 0 Å². The summed E-state index contributed by atoms with van der Waals surface area (Å²) in [5.41, 5.74) is 6.57. The fraction of sp³-hybridized carbons (Fsp3) is 0.561. The van der Waals surface area contributed by atoms with E-state index in [2.05, 4.69) is 112 Å². The summed E-state index contributed by atoms with van der Waals surface area (Å²) in [5, 5.41) is 3.93. The van der Waals surface area contributed by atoms with Crippen molar-refractivity contribution >= 4 is 7.66 Å². The maximum absolute atomic E-state index is 7.56. The summed E-state index contributed by atoms with van der Waals surface area (Å²) in [6.45, 7) is 27.3. The van der Waals surface area contributed by atoms with E-state index in [4.69, 9.17) is 18.1 Å². The summed E-state index contributed by atoms with van der Waals surface area (Å²) < 4.78 is 29.4. The Morgan fingerprint density at radius 3 is 1.36 bits per heavy atom. The van der Waals surface area contributed by atoms with E-state index in [0.717, 1.165) is 59.4 Å². The van der Waals surface area contributed by atoms with E-state index in [9.17, 15) is 0 Å². The predicted molar refractivity (Wildman–Crippen MR) is 196 cm³/mol. The van der Waals surface area contributed by atoms with E-state index < -0.39 is 7.66 Å². The molecule has 1 saturated carbocycles. The Bertz CT molecular complexity index is 1560. The van der Waals surface area contributed by atoms with Crippen LogP contribution >= 0.6 is 7.66 Å². The molecule has 0 atom stereocenters. The Labute approximate surface area is 284 Å². The molecule has 256 valence electrons. The molecule has 6 heteroatoms. The van der Waals surface area contributed by atoms with Crippen molar-refractivity contribution < 1.29 is 18.1 Å². The molecule has 1 fully saturated rings. The van der Waals surface area contributed by atoms with Gasteiger partial charge in [0.25, 0.3) is 0 Å². The molecule has 1 N–H and O–H groups in total. The normalized spacial score (nSPS) is 20.1. The Morgan fingerprint density at radius 1 is 0.553 bits per heavy atom. The van der Waals surface area contributed by atoms with Crippen LogP contribution in [-0.2, 0) is 28.1 Å². The van der Waals surface area contributed by atoms with Gasteiger partial charge in [-0.15, -0.1) is 0 Å². The Hall–Kier alpha value is -2.75. The third-order valence-electron chi connectivity index (χ3n) is 9.92. The van der Waals surface area contributed by atoms with Crippen LogP contribution in [0, 0.1) is 0 Å². The van der Waals surface area contributed by atoms with Crippen LogP contribution in [0.1, 0.15) is 149 Å². The van der Waals surface area contributed by atoms with Crippen LogP contribution in [0.2, 0.25) is 0 Å². The standard InChI is InChI=1S/C41H58NO4P/c1-38(2,3)29-23-27-22-28-24-30(39(4,5)6)26-33(41(10,11)12)37(28)46-47(42-31-18-14-13-15-19-31,43-34-20-16-17-21-35(34)44-47)45-36(27)32(25-29)40(7,8)9/h16-17,20-21,23-26,31,42H,13-15,18-19,22H2,1-12H3. The summed E-state index contributed by atoms with van der Waals surface area (Å²) in [4.78, 5) is 0. The molecule has 0 bridgehead atoms. The molecule has 2 heterocycles. The number of nitrogens with one attached hydrogen (secondary N) is 1. The number of hydrogen-bond donors (Lipinski definition) is 1. The minimum absolute atomic E-state index is 0.0520. The van der Waals surface area contributed by atoms with Crippen molar-refractivity contribution in [3.63, 3.8) is 0 Å². The van der Waals surface area contributed by atoms with Crippen LogP contribution in [0.5, 0.6) is 23.0 Å². The zero-order valence-electron chi connectivity index (χ0n) is 31.0. The van der Waals surface area contributed by atoms with Crippen molar-refractivity contribution in [2.24, 2.45) is 0 Å². The summed E-state index contributed by atoms with van der Waals surface area (Å²) in [7, 11) is -4.67. The molecule has 3 aliphatic rings. The first kappa shape index (κ1) is 34.1.